The van der Waals surface area contributed by atoms with Crippen molar-refractivity contribution in [2.75, 3.05) is 26.2 Å². The van der Waals surface area contributed by atoms with Crippen molar-refractivity contribution >= 4 is 44.1 Å². The van der Waals surface area contributed by atoms with Crippen LogP contribution in [0.15, 0.2) is 72.3 Å². The monoisotopic (exact) mass is 502 g/mol. The number of fused-ring (bicyclic) bond motifs is 1. The smallest absolute Gasteiger partial charge is 0.301 e. The third-order valence-electron chi connectivity index (χ3n) is 6.01. The average Bonchev–Trinajstić information content (AvgIpc) is 3.45. The lowest BCUT2D eigenvalue weighted by atomic mass is 9.94. The van der Waals surface area contributed by atoms with Gasteiger partial charge in [-0.2, -0.15) is 0 Å². The third kappa shape index (κ3) is 3.74. The number of amides is 1. The fourth-order valence-corrected chi connectivity index (χ4v) is 5.35. The van der Waals surface area contributed by atoms with Gasteiger partial charge in [0.25, 0.3) is 5.78 Å². The number of methoxy groups -OCH3 is 3. The molecule has 1 N–H and O–H groups in total. The lowest BCUT2D eigenvalue weighted by Crippen LogP contribution is -2.29. The standard InChI is InChI=1S/C27H22N2O6S/c1-33-16-12-13-18-20(14-16)36-27(28-18)29-22(17-10-7-11-19(34-2)25(17)35-3)21(24(31)26(29)32)23(30)15-8-5-4-6-9-15/h4-14,22,30H,1-3H3/b23-21+. The Morgan fingerprint density at radius 3 is 2.42 bits per heavy atom. The Bertz CT molecular complexity index is 1510. The topological polar surface area (TPSA) is 98.2 Å². The van der Waals surface area contributed by atoms with Gasteiger partial charge in [0.1, 0.15) is 17.6 Å². The van der Waals surface area contributed by atoms with Crippen molar-refractivity contribution in [3.05, 3.63) is 83.4 Å². The summed E-state index contributed by atoms with van der Waals surface area (Å²) in [5, 5.41) is 11.6. The summed E-state index contributed by atoms with van der Waals surface area (Å²) in [6.45, 7) is 0. The van der Waals surface area contributed by atoms with E-state index in [0.717, 1.165) is 4.70 Å². The predicted octanol–water partition coefficient (Wildman–Crippen LogP) is 4.95. The summed E-state index contributed by atoms with van der Waals surface area (Å²) in [4.78, 5) is 32.9. The van der Waals surface area contributed by atoms with Crippen LogP contribution in [0.3, 0.4) is 0 Å². The fourth-order valence-electron chi connectivity index (χ4n) is 4.33. The van der Waals surface area contributed by atoms with E-state index < -0.39 is 17.7 Å². The number of hydrogen-bond donors (Lipinski definition) is 1. The van der Waals surface area contributed by atoms with E-state index in [-0.39, 0.29) is 11.3 Å². The van der Waals surface area contributed by atoms with Crippen molar-refractivity contribution in [1.29, 1.82) is 0 Å². The molecule has 0 aliphatic carbocycles. The molecule has 1 atom stereocenters. The molecular formula is C27H22N2O6S. The van der Waals surface area contributed by atoms with E-state index >= 15 is 0 Å². The molecule has 1 amide bonds. The molecule has 0 spiro atoms. The van der Waals surface area contributed by atoms with Gasteiger partial charge in [-0.3, -0.25) is 14.5 Å². The number of hydrogen-bond acceptors (Lipinski definition) is 8. The van der Waals surface area contributed by atoms with Gasteiger partial charge >= 0.3 is 5.91 Å². The lowest BCUT2D eigenvalue weighted by Gasteiger charge is -2.25. The molecule has 3 aromatic carbocycles. The van der Waals surface area contributed by atoms with Crippen LogP contribution in [0.4, 0.5) is 5.13 Å². The first-order valence-electron chi connectivity index (χ1n) is 11.0. The van der Waals surface area contributed by atoms with Crippen LogP contribution in [0.2, 0.25) is 0 Å². The molecule has 4 aromatic rings. The minimum absolute atomic E-state index is 0.0606. The summed E-state index contributed by atoms with van der Waals surface area (Å²) in [5.41, 5.74) is 1.48. The largest absolute Gasteiger partial charge is 0.507 e. The minimum atomic E-state index is -1.00. The second-order valence-corrected chi connectivity index (χ2v) is 8.96. The highest BCUT2D eigenvalue weighted by Gasteiger charge is 2.49. The van der Waals surface area contributed by atoms with Crippen molar-refractivity contribution in [1.82, 2.24) is 4.98 Å². The zero-order valence-corrected chi connectivity index (χ0v) is 20.5. The van der Waals surface area contributed by atoms with Gasteiger partial charge in [0.2, 0.25) is 0 Å². The van der Waals surface area contributed by atoms with Crippen LogP contribution >= 0.6 is 11.3 Å². The number of aromatic nitrogens is 1. The Kier molecular flexibility index (Phi) is 6.07. The van der Waals surface area contributed by atoms with Gasteiger partial charge in [0.05, 0.1) is 37.1 Å². The molecule has 2 heterocycles. The zero-order valence-electron chi connectivity index (χ0n) is 19.7. The zero-order chi connectivity index (χ0) is 25.4. The molecule has 5 rings (SSSR count). The molecule has 1 aromatic heterocycles. The van der Waals surface area contributed by atoms with Crippen LogP contribution in [0.25, 0.3) is 16.0 Å². The van der Waals surface area contributed by atoms with Crippen molar-refractivity contribution in [3.63, 3.8) is 0 Å². The highest BCUT2D eigenvalue weighted by Crippen LogP contribution is 2.48. The summed E-state index contributed by atoms with van der Waals surface area (Å²) in [6.07, 6.45) is 0. The minimum Gasteiger partial charge on any atom is -0.507 e. The van der Waals surface area contributed by atoms with Gasteiger partial charge in [0, 0.05) is 11.1 Å². The van der Waals surface area contributed by atoms with Crippen LogP contribution in [-0.2, 0) is 9.59 Å². The van der Waals surface area contributed by atoms with Crippen LogP contribution < -0.4 is 19.1 Å². The molecule has 0 radical (unpaired) electrons. The first-order valence-corrected chi connectivity index (χ1v) is 11.8. The second-order valence-electron chi connectivity index (χ2n) is 7.95. The van der Waals surface area contributed by atoms with E-state index in [9.17, 15) is 14.7 Å². The van der Waals surface area contributed by atoms with Gasteiger partial charge in [-0.05, 0) is 24.3 Å². The van der Waals surface area contributed by atoms with Crippen molar-refractivity contribution < 1.29 is 28.9 Å². The van der Waals surface area contributed by atoms with Gasteiger partial charge in [-0.1, -0.05) is 53.8 Å². The number of benzene rings is 3. The summed E-state index contributed by atoms with van der Waals surface area (Å²) >= 11 is 1.25. The summed E-state index contributed by atoms with van der Waals surface area (Å²) in [6, 6.07) is 18.2. The van der Waals surface area contributed by atoms with Gasteiger partial charge in [-0.15, -0.1) is 0 Å². The van der Waals surface area contributed by atoms with E-state index in [2.05, 4.69) is 4.98 Å². The molecule has 0 bridgehead atoms. The van der Waals surface area contributed by atoms with E-state index in [1.54, 1.807) is 67.8 Å². The Morgan fingerprint density at radius 2 is 1.72 bits per heavy atom. The number of ether oxygens (including phenoxy) is 3. The molecule has 1 fully saturated rings. The first kappa shape index (κ1) is 23.4. The predicted molar refractivity (Wildman–Crippen MR) is 137 cm³/mol. The maximum Gasteiger partial charge on any atom is 0.301 e. The van der Waals surface area contributed by atoms with Crippen LogP contribution in [-0.4, -0.2) is 43.1 Å². The van der Waals surface area contributed by atoms with Gasteiger partial charge in [0.15, 0.2) is 16.6 Å². The highest BCUT2D eigenvalue weighted by atomic mass is 32.1. The number of rotatable bonds is 6. The molecule has 36 heavy (non-hydrogen) atoms. The number of para-hydroxylation sites is 1. The van der Waals surface area contributed by atoms with Crippen LogP contribution in [0.5, 0.6) is 17.2 Å². The van der Waals surface area contributed by atoms with E-state index in [1.165, 1.54) is 30.5 Å². The van der Waals surface area contributed by atoms with E-state index in [1.807, 2.05) is 6.07 Å². The number of nitrogens with zero attached hydrogens (tertiary/aromatic N) is 2. The number of carbonyl (C=O) groups excluding carboxylic acids is 2. The van der Waals surface area contributed by atoms with Crippen molar-refractivity contribution in [2.24, 2.45) is 0 Å². The number of carbonyl (C=O) groups is 2. The molecule has 182 valence electrons. The Balaban J connectivity index is 1.78. The fraction of sp³-hybridized carbons (Fsp3) is 0.148. The molecule has 8 nitrogen and oxygen atoms in total. The van der Waals surface area contributed by atoms with Crippen LogP contribution in [0, 0.1) is 0 Å². The van der Waals surface area contributed by atoms with E-state index in [4.69, 9.17) is 14.2 Å². The van der Waals surface area contributed by atoms with Gasteiger partial charge in [-0.25, -0.2) is 4.98 Å². The molecule has 9 heteroatoms. The molecule has 1 saturated heterocycles. The number of anilines is 1. The highest BCUT2D eigenvalue weighted by molar-refractivity contribution is 7.22. The Morgan fingerprint density at radius 1 is 0.944 bits per heavy atom. The maximum atomic E-state index is 13.5. The summed E-state index contributed by atoms with van der Waals surface area (Å²) in [7, 11) is 4.55. The molecule has 1 aliphatic heterocycles. The summed E-state index contributed by atoms with van der Waals surface area (Å²) < 4.78 is 17.2. The normalized spacial score (nSPS) is 17.0. The third-order valence-corrected chi connectivity index (χ3v) is 7.03. The summed E-state index contributed by atoms with van der Waals surface area (Å²) in [5.74, 6) is -0.478. The lowest BCUT2D eigenvalue weighted by molar-refractivity contribution is -0.132. The second kappa shape index (κ2) is 9.35. The maximum absolute atomic E-state index is 13.5. The Labute approximate surface area is 211 Å². The average molecular weight is 503 g/mol. The SMILES string of the molecule is COc1ccc2nc(N3C(=O)C(=O)/C(=C(/O)c4ccccc4)C3c3cccc(OC)c3OC)sc2c1. The van der Waals surface area contributed by atoms with Crippen molar-refractivity contribution in [2.45, 2.75) is 6.04 Å². The number of aliphatic hydroxyl groups is 1. The molecule has 0 saturated carbocycles. The number of aliphatic hydroxyl groups excluding tert-OH is 1. The Hall–Kier alpha value is -4.37. The van der Waals surface area contributed by atoms with E-state index in [0.29, 0.717) is 39.0 Å². The number of thiazole rings is 1. The van der Waals surface area contributed by atoms with Crippen molar-refractivity contribution in [3.8, 4) is 17.2 Å². The number of ketones is 1. The molecular weight excluding hydrogens is 480 g/mol. The van der Waals surface area contributed by atoms with Crippen LogP contribution in [0.1, 0.15) is 17.2 Å². The van der Waals surface area contributed by atoms with Gasteiger partial charge < -0.3 is 19.3 Å². The quantitative estimate of drug-likeness (QED) is 0.226. The first-order chi connectivity index (χ1) is 17.5. The number of Topliss-reactive ketones (excluding diaryl/α,β-unsaturated/α-hetero) is 1. The molecule has 1 unspecified atom stereocenters. The molecule has 1 aliphatic rings.